The van der Waals surface area contributed by atoms with Crippen molar-refractivity contribution in [1.82, 2.24) is 18.8 Å². The number of H-pyrrole nitrogens is 1. The number of carbonyl (C=O) groups is 1. The minimum atomic E-state index is -0.526. The molecule has 1 amide bonds. The lowest BCUT2D eigenvalue weighted by Gasteiger charge is -2.36. The van der Waals surface area contributed by atoms with E-state index in [0.717, 1.165) is 27.5 Å². The van der Waals surface area contributed by atoms with Crippen LogP contribution in [0.5, 0.6) is 5.75 Å². The van der Waals surface area contributed by atoms with Gasteiger partial charge in [0.25, 0.3) is 11.5 Å². The van der Waals surface area contributed by atoms with E-state index in [0.29, 0.717) is 37.7 Å². The van der Waals surface area contributed by atoms with Crippen LogP contribution in [0.2, 0.25) is 0 Å². The molecule has 0 saturated carbocycles. The molecule has 0 spiro atoms. The van der Waals surface area contributed by atoms with Crippen LogP contribution < -0.4 is 20.9 Å². The third-order valence-corrected chi connectivity index (χ3v) is 6.04. The average Bonchev–Trinajstić information content (AvgIpc) is 3.18. The number of ether oxygens (including phenoxy) is 1. The fraction of sp³-hybridized carbons (Fsp3) is 0.400. The van der Waals surface area contributed by atoms with Crippen LogP contribution in [0.1, 0.15) is 23.5 Å². The largest absolute Gasteiger partial charge is 0.492 e. The predicted octanol–water partition coefficient (Wildman–Crippen LogP) is 1.53. The number of benzene rings is 1. The molecule has 2 aromatic heterocycles. The van der Waals surface area contributed by atoms with Gasteiger partial charge < -0.3 is 19.5 Å². The number of hydrogen-bond donors (Lipinski definition) is 1. The summed E-state index contributed by atoms with van der Waals surface area (Å²) in [6.45, 7) is 6.86. The van der Waals surface area contributed by atoms with E-state index >= 15 is 0 Å². The lowest BCUT2D eigenvalue weighted by Crippen LogP contribution is -2.48. The first-order valence-electron chi connectivity index (χ1n) is 9.93. The molecule has 30 heavy (non-hydrogen) atoms. The number of amides is 1. The standard InChI is InChI=1S/C20H23N5O4S/c1-3-25-18(26)16-15(21-20(25)28)17(30-22-16)19(27)24-11-9-23(10-12-24)13-7-5-6-8-14(13)29-4-2/h5-8H,3-4,9-12H2,1-2H3,(H,21,28). The second kappa shape index (κ2) is 8.31. The summed E-state index contributed by atoms with van der Waals surface area (Å²) in [5.74, 6) is 0.613. The van der Waals surface area contributed by atoms with E-state index < -0.39 is 11.2 Å². The number of aromatic nitrogens is 3. The van der Waals surface area contributed by atoms with Crippen molar-refractivity contribution in [2.75, 3.05) is 37.7 Å². The first-order valence-corrected chi connectivity index (χ1v) is 10.7. The van der Waals surface area contributed by atoms with Crippen molar-refractivity contribution in [3.8, 4) is 5.75 Å². The molecule has 1 fully saturated rings. The van der Waals surface area contributed by atoms with Gasteiger partial charge in [-0.1, -0.05) is 12.1 Å². The third kappa shape index (κ3) is 3.47. The number of anilines is 1. The Morgan fingerprint density at radius 3 is 2.60 bits per heavy atom. The Kier molecular flexibility index (Phi) is 5.58. The minimum absolute atomic E-state index is 0.133. The van der Waals surface area contributed by atoms with Crippen molar-refractivity contribution in [3.63, 3.8) is 0 Å². The zero-order valence-electron chi connectivity index (χ0n) is 16.9. The molecule has 1 saturated heterocycles. The number of hydrogen-bond acceptors (Lipinski definition) is 7. The van der Waals surface area contributed by atoms with Crippen molar-refractivity contribution in [2.45, 2.75) is 20.4 Å². The highest BCUT2D eigenvalue weighted by Gasteiger charge is 2.27. The van der Waals surface area contributed by atoms with Crippen molar-refractivity contribution in [3.05, 3.63) is 50.0 Å². The normalized spacial score (nSPS) is 14.3. The van der Waals surface area contributed by atoms with Gasteiger partial charge in [0.15, 0.2) is 5.52 Å². The van der Waals surface area contributed by atoms with E-state index in [1.165, 1.54) is 0 Å². The van der Waals surface area contributed by atoms with Gasteiger partial charge in [0, 0.05) is 32.7 Å². The number of rotatable bonds is 5. The maximum Gasteiger partial charge on any atom is 0.328 e. The summed E-state index contributed by atoms with van der Waals surface area (Å²) in [6.07, 6.45) is 0. The molecule has 1 aliphatic heterocycles. The Labute approximate surface area is 176 Å². The molecule has 3 aromatic rings. The molecule has 4 rings (SSSR count). The highest BCUT2D eigenvalue weighted by atomic mass is 32.1. The number of fused-ring (bicyclic) bond motifs is 1. The molecule has 10 heteroatoms. The molecule has 0 bridgehead atoms. The maximum absolute atomic E-state index is 13.1. The number of piperazine rings is 1. The highest BCUT2D eigenvalue weighted by Crippen LogP contribution is 2.29. The summed E-state index contributed by atoms with van der Waals surface area (Å²) in [6, 6.07) is 7.87. The molecule has 3 heterocycles. The zero-order chi connectivity index (χ0) is 21.3. The van der Waals surface area contributed by atoms with Crippen molar-refractivity contribution >= 4 is 34.2 Å². The van der Waals surface area contributed by atoms with Gasteiger partial charge >= 0.3 is 5.69 Å². The molecule has 1 N–H and O–H groups in total. The van der Waals surface area contributed by atoms with Gasteiger partial charge in [0.1, 0.15) is 10.6 Å². The maximum atomic E-state index is 13.1. The van der Waals surface area contributed by atoms with Crippen LogP contribution in [-0.4, -0.2) is 57.5 Å². The summed E-state index contributed by atoms with van der Waals surface area (Å²) in [7, 11) is 0. The Morgan fingerprint density at radius 2 is 1.90 bits per heavy atom. The quantitative estimate of drug-likeness (QED) is 0.660. The lowest BCUT2D eigenvalue weighted by atomic mass is 10.2. The minimum Gasteiger partial charge on any atom is -0.492 e. The van der Waals surface area contributed by atoms with Gasteiger partial charge in [-0.2, -0.15) is 4.37 Å². The van der Waals surface area contributed by atoms with Crippen LogP contribution in [0.15, 0.2) is 33.9 Å². The number of nitrogens with zero attached hydrogens (tertiary/aromatic N) is 4. The van der Waals surface area contributed by atoms with Crippen LogP contribution in [0.3, 0.4) is 0 Å². The second-order valence-electron chi connectivity index (χ2n) is 6.89. The van der Waals surface area contributed by atoms with Gasteiger partial charge in [0.2, 0.25) is 0 Å². The van der Waals surface area contributed by atoms with Crippen LogP contribution in [0.25, 0.3) is 11.0 Å². The molecule has 0 radical (unpaired) electrons. The van der Waals surface area contributed by atoms with Crippen molar-refractivity contribution in [2.24, 2.45) is 0 Å². The van der Waals surface area contributed by atoms with Gasteiger partial charge in [-0.25, -0.2) is 4.79 Å². The van der Waals surface area contributed by atoms with Gasteiger partial charge in [0.05, 0.1) is 17.8 Å². The van der Waals surface area contributed by atoms with Gasteiger partial charge in [-0.05, 0) is 37.5 Å². The highest BCUT2D eigenvalue weighted by molar-refractivity contribution is 7.09. The van der Waals surface area contributed by atoms with Crippen LogP contribution >= 0.6 is 11.5 Å². The Bertz CT molecular complexity index is 1190. The molecule has 9 nitrogen and oxygen atoms in total. The lowest BCUT2D eigenvalue weighted by molar-refractivity contribution is 0.0753. The van der Waals surface area contributed by atoms with E-state index in [1.807, 2.05) is 31.2 Å². The molecular weight excluding hydrogens is 406 g/mol. The fourth-order valence-corrected chi connectivity index (χ4v) is 4.47. The first-order chi connectivity index (χ1) is 14.5. The summed E-state index contributed by atoms with van der Waals surface area (Å²) >= 11 is 0.955. The van der Waals surface area contributed by atoms with Crippen molar-refractivity contribution < 1.29 is 9.53 Å². The summed E-state index contributed by atoms with van der Waals surface area (Å²) in [5.41, 5.74) is 0.382. The first kappa shape index (κ1) is 20.1. The van der Waals surface area contributed by atoms with E-state index in [4.69, 9.17) is 4.74 Å². The monoisotopic (exact) mass is 429 g/mol. The average molecular weight is 430 g/mol. The van der Waals surface area contributed by atoms with Gasteiger partial charge in [-0.3, -0.25) is 14.2 Å². The molecule has 0 aliphatic carbocycles. The Morgan fingerprint density at radius 1 is 1.17 bits per heavy atom. The van der Waals surface area contributed by atoms with E-state index in [2.05, 4.69) is 14.3 Å². The fourth-order valence-electron chi connectivity index (χ4n) is 3.67. The Balaban J connectivity index is 1.54. The summed E-state index contributed by atoms with van der Waals surface area (Å²) in [4.78, 5) is 44.5. The van der Waals surface area contributed by atoms with Crippen LogP contribution in [0.4, 0.5) is 5.69 Å². The molecule has 0 unspecified atom stereocenters. The van der Waals surface area contributed by atoms with E-state index in [-0.39, 0.29) is 23.5 Å². The molecule has 0 atom stereocenters. The smallest absolute Gasteiger partial charge is 0.328 e. The second-order valence-corrected chi connectivity index (χ2v) is 7.67. The topological polar surface area (TPSA) is 101 Å². The van der Waals surface area contributed by atoms with Crippen molar-refractivity contribution in [1.29, 1.82) is 0 Å². The summed E-state index contributed by atoms with van der Waals surface area (Å²) < 4.78 is 10.9. The van der Waals surface area contributed by atoms with Crippen LogP contribution in [-0.2, 0) is 6.54 Å². The zero-order valence-corrected chi connectivity index (χ0v) is 17.7. The van der Waals surface area contributed by atoms with E-state index in [1.54, 1.807) is 11.8 Å². The number of carbonyl (C=O) groups excluding carboxylic acids is 1. The van der Waals surface area contributed by atoms with Crippen LogP contribution in [0, 0.1) is 0 Å². The number of aromatic amines is 1. The molecule has 1 aliphatic rings. The molecule has 1 aromatic carbocycles. The number of para-hydroxylation sites is 2. The number of nitrogens with one attached hydrogen (secondary N) is 1. The predicted molar refractivity (Wildman–Crippen MR) is 116 cm³/mol. The SMILES string of the molecule is CCOc1ccccc1N1CCN(C(=O)c2snc3c(=O)n(CC)c(=O)[nH]c23)CC1. The molecular formula is C20H23N5O4S. The third-order valence-electron chi connectivity index (χ3n) is 5.20. The Hall–Kier alpha value is -3.14. The molecule has 158 valence electrons. The summed E-state index contributed by atoms with van der Waals surface area (Å²) in [5, 5.41) is 0. The van der Waals surface area contributed by atoms with E-state index in [9.17, 15) is 14.4 Å². The van der Waals surface area contributed by atoms with Gasteiger partial charge in [-0.15, -0.1) is 0 Å².